The van der Waals surface area contributed by atoms with Crippen LogP contribution in [0.4, 0.5) is 0 Å². The SMILES string of the molecule is C[C@H](SCc1ccccc1)C(=O)NC1CCCCCCC1. The van der Waals surface area contributed by atoms with Gasteiger partial charge in [-0.2, -0.15) is 0 Å². The van der Waals surface area contributed by atoms with Crippen LogP contribution in [0, 0.1) is 0 Å². The van der Waals surface area contributed by atoms with Gasteiger partial charge in [0.05, 0.1) is 5.25 Å². The standard InChI is InChI=1S/C18H27NOS/c1-15(21-14-16-10-6-5-7-11-16)18(20)19-17-12-8-3-2-4-9-13-17/h5-7,10-11,15,17H,2-4,8-9,12-14H2,1H3,(H,19,20)/t15-/m0/s1. The van der Waals surface area contributed by atoms with Crippen molar-refractivity contribution in [2.75, 3.05) is 0 Å². The van der Waals surface area contributed by atoms with Gasteiger partial charge in [-0.25, -0.2) is 0 Å². The minimum absolute atomic E-state index is 0.0237. The van der Waals surface area contributed by atoms with Crippen LogP contribution in [0.5, 0.6) is 0 Å². The summed E-state index contributed by atoms with van der Waals surface area (Å²) in [6.45, 7) is 2.02. The zero-order chi connectivity index (χ0) is 14.9. The van der Waals surface area contributed by atoms with Gasteiger partial charge in [-0.3, -0.25) is 4.79 Å². The molecule has 1 fully saturated rings. The van der Waals surface area contributed by atoms with E-state index < -0.39 is 0 Å². The summed E-state index contributed by atoms with van der Waals surface area (Å²) in [7, 11) is 0. The molecule has 2 nitrogen and oxygen atoms in total. The molecule has 1 saturated carbocycles. The molecule has 0 saturated heterocycles. The van der Waals surface area contributed by atoms with Gasteiger partial charge in [-0.05, 0) is 25.3 Å². The fourth-order valence-electron chi connectivity index (χ4n) is 2.79. The van der Waals surface area contributed by atoms with Gasteiger partial charge in [0.25, 0.3) is 0 Å². The highest BCUT2D eigenvalue weighted by Gasteiger charge is 2.18. The number of nitrogens with one attached hydrogen (secondary N) is 1. The summed E-state index contributed by atoms with van der Waals surface area (Å²) in [5.74, 6) is 1.11. The lowest BCUT2D eigenvalue weighted by atomic mass is 9.97. The number of amides is 1. The van der Waals surface area contributed by atoms with Crippen LogP contribution in [0.2, 0.25) is 0 Å². The highest BCUT2D eigenvalue weighted by Crippen LogP contribution is 2.20. The van der Waals surface area contributed by atoms with Crippen molar-refractivity contribution in [1.29, 1.82) is 0 Å². The number of hydrogen-bond donors (Lipinski definition) is 1. The Hall–Kier alpha value is -0.960. The van der Waals surface area contributed by atoms with Gasteiger partial charge in [-0.15, -0.1) is 11.8 Å². The van der Waals surface area contributed by atoms with Crippen molar-refractivity contribution in [3.8, 4) is 0 Å². The van der Waals surface area contributed by atoms with Crippen LogP contribution in [-0.4, -0.2) is 17.2 Å². The molecule has 0 spiro atoms. The number of carbonyl (C=O) groups is 1. The van der Waals surface area contributed by atoms with Crippen LogP contribution in [0.15, 0.2) is 30.3 Å². The van der Waals surface area contributed by atoms with E-state index >= 15 is 0 Å². The van der Waals surface area contributed by atoms with Gasteiger partial charge in [0, 0.05) is 11.8 Å². The van der Waals surface area contributed by atoms with E-state index in [9.17, 15) is 4.79 Å². The second kappa shape index (κ2) is 9.14. The topological polar surface area (TPSA) is 29.1 Å². The fourth-order valence-corrected chi connectivity index (χ4v) is 3.64. The molecule has 21 heavy (non-hydrogen) atoms. The van der Waals surface area contributed by atoms with Crippen molar-refractivity contribution in [3.05, 3.63) is 35.9 Å². The van der Waals surface area contributed by atoms with E-state index in [4.69, 9.17) is 0 Å². The zero-order valence-electron chi connectivity index (χ0n) is 13.0. The average molecular weight is 305 g/mol. The van der Waals surface area contributed by atoms with E-state index in [1.807, 2.05) is 13.0 Å². The van der Waals surface area contributed by atoms with E-state index in [1.165, 1.54) is 37.7 Å². The van der Waals surface area contributed by atoms with Gasteiger partial charge in [0.1, 0.15) is 0 Å². The molecule has 2 rings (SSSR count). The molecule has 3 heteroatoms. The minimum atomic E-state index is 0.0237. The lowest BCUT2D eigenvalue weighted by molar-refractivity contribution is -0.121. The number of hydrogen-bond acceptors (Lipinski definition) is 2. The van der Waals surface area contributed by atoms with Gasteiger partial charge in [0.2, 0.25) is 5.91 Å². The predicted octanol–water partition coefficient (Wildman–Crippen LogP) is 4.54. The van der Waals surface area contributed by atoms with Gasteiger partial charge < -0.3 is 5.32 Å². The number of benzene rings is 1. The molecule has 1 aliphatic rings. The van der Waals surface area contributed by atoms with E-state index in [0.29, 0.717) is 6.04 Å². The maximum Gasteiger partial charge on any atom is 0.233 e. The lowest BCUT2D eigenvalue weighted by Crippen LogP contribution is -2.39. The minimum Gasteiger partial charge on any atom is -0.352 e. The van der Waals surface area contributed by atoms with Crippen molar-refractivity contribution >= 4 is 17.7 Å². The molecule has 0 radical (unpaired) electrons. The Labute approximate surface area is 133 Å². The van der Waals surface area contributed by atoms with Crippen molar-refractivity contribution in [2.24, 2.45) is 0 Å². The zero-order valence-corrected chi connectivity index (χ0v) is 13.8. The maximum absolute atomic E-state index is 12.3. The monoisotopic (exact) mass is 305 g/mol. The number of thioether (sulfide) groups is 1. The summed E-state index contributed by atoms with van der Waals surface area (Å²) < 4.78 is 0. The Morgan fingerprint density at radius 2 is 1.76 bits per heavy atom. The average Bonchev–Trinajstić information content (AvgIpc) is 2.48. The molecular formula is C18H27NOS. The molecular weight excluding hydrogens is 278 g/mol. The third-order valence-corrected chi connectivity index (χ3v) is 5.38. The molecule has 1 N–H and O–H groups in total. The Kier molecular flexibility index (Phi) is 7.14. The molecule has 0 heterocycles. The largest absolute Gasteiger partial charge is 0.352 e. The van der Waals surface area contributed by atoms with E-state index in [2.05, 4.69) is 29.6 Å². The smallest absolute Gasteiger partial charge is 0.233 e. The summed E-state index contributed by atoms with van der Waals surface area (Å²) in [5.41, 5.74) is 1.29. The summed E-state index contributed by atoms with van der Waals surface area (Å²) in [6.07, 6.45) is 8.84. The van der Waals surface area contributed by atoms with Gasteiger partial charge in [-0.1, -0.05) is 62.4 Å². The molecule has 0 aliphatic heterocycles. The second-order valence-electron chi connectivity index (χ2n) is 5.99. The first kappa shape index (κ1) is 16.4. The normalized spacial score (nSPS) is 18.5. The molecule has 116 valence electrons. The van der Waals surface area contributed by atoms with Crippen LogP contribution < -0.4 is 5.32 Å². The van der Waals surface area contributed by atoms with Crippen LogP contribution in [-0.2, 0) is 10.5 Å². The van der Waals surface area contributed by atoms with Crippen LogP contribution in [0.3, 0.4) is 0 Å². The first-order chi connectivity index (χ1) is 10.3. The lowest BCUT2D eigenvalue weighted by Gasteiger charge is -2.22. The maximum atomic E-state index is 12.3. The Morgan fingerprint density at radius 1 is 1.14 bits per heavy atom. The molecule has 1 aromatic carbocycles. The molecule has 1 aromatic rings. The Bertz CT molecular complexity index is 412. The van der Waals surface area contributed by atoms with Crippen molar-refractivity contribution in [2.45, 2.75) is 68.9 Å². The number of rotatable bonds is 5. The quantitative estimate of drug-likeness (QED) is 0.865. The van der Waals surface area contributed by atoms with Crippen LogP contribution >= 0.6 is 11.8 Å². The third-order valence-electron chi connectivity index (χ3n) is 4.16. The number of carbonyl (C=O) groups excluding carboxylic acids is 1. The Morgan fingerprint density at radius 3 is 2.43 bits per heavy atom. The van der Waals surface area contributed by atoms with E-state index in [-0.39, 0.29) is 11.2 Å². The summed E-state index contributed by atoms with van der Waals surface area (Å²) in [6, 6.07) is 10.8. The predicted molar refractivity (Wildman–Crippen MR) is 91.4 cm³/mol. The first-order valence-electron chi connectivity index (χ1n) is 8.21. The molecule has 0 bridgehead atoms. The molecule has 1 amide bonds. The molecule has 1 atom stereocenters. The third kappa shape index (κ3) is 6.13. The van der Waals surface area contributed by atoms with Crippen LogP contribution in [0.25, 0.3) is 0 Å². The highest BCUT2D eigenvalue weighted by molar-refractivity contribution is 7.99. The molecule has 0 aromatic heterocycles. The van der Waals surface area contributed by atoms with Gasteiger partial charge >= 0.3 is 0 Å². The van der Waals surface area contributed by atoms with E-state index in [1.54, 1.807) is 11.8 Å². The summed E-state index contributed by atoms with van der Waals surface area (Å²) >= 11 is 1.72. The fraction of sp³-hybridized carbons (Fsp3) is 0.611. The first-order valence-corrected chi connectivity index (χ1v) is 9.26. The second-order valence-corrected chi connectivity index (χ2v) is 7.32. The highest BCUT2D eigenvalue weighted by atomic mass is 32.2. The van der Waals surface area contributed by atoms with Crippen molar-refractivity contribution in [3.63, 3.8) is 0 Å². The van der Waals surface area contributed by atoms with E-state index in [0.717, 1.165) is 18.6 Å². The van der Waals surface area contributed by atoms with Crippen molar-refractivity contribution < 1.29 is 4.79 Å². The Balaban J connectivity index is 1.73. The van der Waals surface area contributed by atoms with Crippen molar-refractivity contribution in [1.82, 2.24) is 5.32 Å². The summed E-state index contributed by atoms with van der Waals surface area (Å²) in [5, 5.41) is 3.29. The molecule has 0 unspecified atom stereocenters. The van der Waals surface area contributed by atoms with Crippen LogP contribution in [0.1, 0.15) is 57.4 Å². The molecule has 1 aliphatic carbocycles. The summed E-state index contributed by atoms with van der Waals surface area (Å²) in [4.78, 5) is 12.3. The van der Waals surface area contributed by atoms with Gasteiger partial charge in [0.15, 0.2) is 0 Å².